The van der Waals surface area contributed by atoms with Crippen LogP contribution in [0.4, 0.5) is 17.1 Å². The van der Waals surface area contributed by atoms with E-state index >= 15 is 0 Å². The smallest absolute Gasteiger partial charge is 0.141 e. The predicted molar refractivity (Wildman–Crippen MR) is 151 cm³/mol. The molecule has 2 nitrogen and oxygen atoms in total. The van der Waals surface area contributed by atoms with Gasteiger partial charge in [-0.05, 0) is 78.9 Å². The van der Waals surface area contributed by atoms with E-state index in [1.165, 1.54) is 19.6 Å². The Hall–Kier alpha value is -2.96. The molecule has 0 saturated carbocycles. The SMILES string of the molecule is Clc1ccc2c(c1)Sc1cc(N(c3ccccc3)c3ccc4c(c3)Sc3ccccc3S4)ccc1O2. The zero-order valence-electron chi connectivity index (χ0n) is 18.9. The van der Waals surface area contributed by atoms with Crippen LogP contribution in [0.15, 0.2) is 139 Å². The highest BCUT2D eigenvalue weighted by Gasteiger charge is 2.23. The van der Waals surface area contributed by atoms with Gasteiger partial charge in [0.25, 0.3) is 0 Å². The van der Waals surface area contributed by atoms with Gasteiger partial charge < -0.3 is 9.64 Å². The highest BCUT2D eigenvalue weighted by Crippen LogP contribution is 2.52. The van der Waals surface area contributed by atoms with E-state index in [-0.39, 0.29) is 0 Å². The van der Waals surface area contributed by atoms with Crippen LogP contribution in [0.3, 0.4) is 0 Å². The molecular formula is C30H18ClNOS3. The molecule has 5 aromatic rings. The van der Waals surface area contributed by atoms with Gasteiger partial charge >= 0.3 is 0 Å². The fourth-order valence-electron chi connectivity index (χ4n) is 4.36. The van der Waals surface area contributed by atoms with Crippen LogP contribution in [0.2, 0.25) is 5.02 Å². The summed E-state index contributed by atoms with van der Waals surface area (Å²) in [5.41, 5.74) is 3.31. The number of halogens is 1. The van der Waals surface area contributed by atoms with Crippen LogP contribution in [0.25, 0.3) is 0 Å². The second kappa shape index (κ2) is 9.16. The molecule has 0 atom stereocenters. The van der Waals surface area contributed by atoms with Crippen LogP contribution in [0.5, 0.6) is 11.5 Å². The zero-order valence-corrected chi connectivity index (χ0v) is 22.1. The fraction of sp³-hybridized carbons (Fsp3) is 0. The van der Waals surface area contributed by atoms with Crippen molar-refractivity contribution in [2.24, 2.45) is 0 Å². The number of benzene rings is 5. The van der Waals surface area contributed by atoms with Gasteiger partial charge in [0, 0.05) is 41.7 Å². The van der Waals surface area contributed by atoms with Gasteiger partial charge in [-0.15, -0.1) is 0 Å². The predicted octanol–water partition coefficient (Wildman–Crippen LogP) is 10.7. The van der Waals surface area contributed by atoms with E-state index in [2.05, 4.69) is 95.9 Å². The molecule has 2 aliphatic heterocycles. The molecular weight excluding hydrogens is 522 g/mol. The van der Waals surface area contributed by atoms with E-state index in [0.717, 1.165) is 38.4 Å². The Bertz CT molecular complexity index is 1620. The lowest BCUT2D eigenvalue weighted by molar-refractivity contribution is 0.454. The Morgan fingerprint density at radius 1 is 0.472 bits per heavy atom. The molecule has 5 aromatic carbocycles. The summed E-state index contributed by atoms with van der Waals surface area (Å²) in [5.74, 6) is 1.70. The molecule has 0 aromatic heterocycles. The van der Waals surface area contributed by atoms with Gasteiger partial charge in [-0.1, -0.05) is 77.2 Å². The van der Waals surface area contributed by atoms with E-state index < -0.39 is 0 Å². The standard InChI is InChI=1S/C30H18ClNOS3/c31-19-10-13-23-28(16-19)36-29-17-21(11-14-24(29)33-23)32(20-6-2-1-3-7-20)22-12-15-27-30(18-22)35-26-9-5-4-8-25(26)34-27/h1-18H. The molecule has 6 heteroatoms. The number of rotatable bonds is 3. The van der Waals surface area contributed by atoms with Gasteiger partial charge in [-0.25, -0.2) is 0 Å². The maximum atomic E-state index is 6.25. The van der Waals surface area contributed by atoms with Crippen LogP contribution >= 0.6 is 46.9 Å². The summed E-state index contributed by atoms with van der Waals surface area (Å²) in [6.07, 6.45) is 0. The fourth-order valence-corrected chi connectivity index (χ4v) is 7.87. The van der Waals surface area contributed by atoms with Crippen molar-refractivity contribution in [2.45, 2.75) is 29.4 Å². The minimum atomic E-state index is 0.710. The molecule has 2 heterocycles. The number of hydrogen-bond donors (Lipinski definition) is 0. The summed E-state index contributed by atoms with van der Waals surface area (Å²) in [4.78, 5) is 9.59. The van der Waals surface area contributed by atoms with Gasteiger partial charge in [0.1, 0.15) is 11.5 Å². The zero-order chi connectivity index (χ0) is 24.1. The number of nitrogens with zero attached hydrogens (tertiary/aromatic N) is 1. The second-order valence-electron chi connectivity index (χ2n) is 8.38. The van der Waals surface area contributed by atoms with E-state index in [0.29, 0.717) is 5.02 Å². The van der Waals surface area contributed by atoms with Crippen molar-refractivity contribution in [3.05, 3.63) is 114 Å². The first-order valence-electron chi connectivity index (χ1n) is 11.4. The Balaban J connectivity index is 1.30. The lowest BCUT2D eigenvalue weighted by Crippen LogP contribution is -2.10. The average molecular weight is 540 g/mol. The summed E-state index contributed by atoms with van der Waals surface area (Å²) in [7, 11) is 0. The molecule has 0 spiro atoms. The third-order valence-corrected chi connectivity index (χ3v) is 9.88. The topological polar surface area (TPSA) is 12.5 Å². The summed E-state index contributed by atoms with van der Waals surface area (Å²) in [6, 6.07) is 38.0. The van der Waals surface area contributed by atoms with Crippen LogP contribution < -0.4 is 9.64 Å². The number of para-hydroxylation sites is 1. The van der Waals surface area contributed by atoms with Gasteiger partial charge in [0.2, 0.25) is 0 Å². The van der Waals surface area contributed by atoms with Crippen molar-refractivity contribution in [1.29, 1.82) is 0 Å². The first-order chi connectivity index (χ1) is 17.7. The Kier molecular flexibility index (Phi) is 5.66. The number of ether oxygens (including phenoxy) is 1. The van der Waals surface area contributed by atoms with Crippen molar-refractivity contribution >= 4 is 63.9 Å². The molecule has 0 radical (unpaired) electrons. The highest BCUT2D eigenvalue weighted by molar-refractivity contribution is 8.05. The molecule has 0 saturated heterocycles. The molecule has 2 aliphatic rings. The summed E-state index contributed by atoms with van der Waals surface area (Å²) >= 11 is 11.6. The number of hydrogen-bond acceptors (Lipinski definition) is 5. The molecule has 0 aliphatic carbocycles. The third kappa shape index (κ3) is 4.06. The minimum Gasteiger partial charge on any atom is -0.455 e. The molecule has 7 rings (SSSR count). The lowest BCUT2D eigenvalue weighted by Gasteiger charge is -2.29. The molecule has 0 amide bonds. The monoisotopic (exact) mass is 539 g/mol. The molecule has 36 heavy (non-hydrogen) atoms. The quantitative estimate of drug-likeness (QED) is 0.221. The van der Waals surface area contributed by atoms with E-state index in [1.54, 1.807) is 11.8 Å². The third-order valence-electron chi connectivity index (χ3n) is 6.02. The van der Waals surface area contributed by atoms with Crippen molar-refractivity contribution in [2.75, 3.05) is 4.90 Å². The molecule has 0 N–H and O–H groups in total. The van der Waals surface area contributed by atoms with Crippen molar-refractivity contribution in [1.82, 2.24) is 0 Å². The Labute approximate surface area is 227 Å². The van der Waals surface area contributed by atoms with Gasteiger partial charge in [-0.3, -0.25) is 0 Å². The van der Waals surface area contributed by atoms with E-state index in [1.807, 2.05) is 41.7 Å². The van der Waals surface area contributed by atoms with Crippen LogP contribution in [0, 0.1) is 0 Å². The van der Waals surface area contributed by atoms with E-state index in [4.69, 9.17) is 16.3 Å². The molecule has 0 unspecified atom stereocenters. The lowest BCUT2D eigenvalue weighted by atomic mass is 10.2. The average Bonchev–Trinajstić information content (AvgIpc) is 2.91. The van der Waals surface area contributed by atoms with Crippen LogP contribution in [0.1, 0.15) is 0 Å². The number of fused-ring (bicyclic) bond motifs is 4. The van der Waals surface area contributed by atoms with Gasteiger partial charge in [0.05, 0.1) is 9.79 Å². The van der Waals surface area contributed by atoms with Gasteiger partial charge in [0.15, 0.2) is 0 Å². The normalized spacial score (nSPS) is 13.0. The molecule has 174 valence electrons. The first kappa shape index (κ1) is 22.3. The Morgan fingerprint density at radius 3 is 1.81 bits per heavy atom. The van der Waals surface area contributed by atoms with Crippen molar-refractivity contribution in [3.63, 3.8) is 0 Å². The van der Waals surface area contributed by atoms with E-state index in [9.17, 15) is 0 Å². The Morgan fingerprint density at radius 2 is 1.03 bits per heavy atom. The van der Waals surface area contributed by atoms with Gasteiger partial charge in [-0.2, -0.15) is 0 Å². The van der Waals surface area contributed by atoms with Crippen LogP contribution in [-0.2, 0) is 0 Å². The first-order valence-corrected chi connectivity index (χ1v) is 14.3. The number of anilines is 3. The minimum absolute atomic E-state index is 0.710. The molecule has 0 bridgehead atoms. The summed E-state index contributed by atoms with van der Waals surface area (Å²) in [6.45, 7) is 0. The maximum Gasteiger partial charge on any atom is 0.141 e. The summed E-state index contributed by atoms with van der Waals surface area (Å²) in [5, 5.41) is 0.710. The van der Waals surface area contributed by atoms with Crippen molar-refractivity contribution in [3.8, 4) is 11.5 Å². The maximum absolute atomic E-state index is 6.25. The molecule has 0 fully saturated rings. The highest BCUT2D eigenvalue weighted by atomic mass is 35.5. The largest absolute Gasteiger partial charge is 0.455 e. The van der Waals surface area contributed by atoms with Crippen LogP contribution in [-0.4, -0.2) is 0 Å². The summed E-state index contributed by atoms with van der Waals surface area (Å²) < 4.78 is 6.18. The second-order valence-corrected chi connectivity index (χ2v) is 12.1. The van der Waals surface area contributed by atoms with Crippen molar-refractivity contribution < 1.29 is 4.74 Å².